The normalized spacial score (nSPS) is 10.6. The third-order valence-electron chi connectivity index (χ3n) is 3.06. The summed E-state index contributed by atoms with van der Waals surface area (Å²) in [5.41, 5.74) is 0. The predicted molar refractivity (Wildman–Crippen MR) is 92.5 cm³/mol. The number of nitrogens with one attached hydrogen (secondary N) is 1. The molecule has 0 aliphatic carbocycles. The van der Waals surface area contributed by atoms with Crippen LogP contribution in [-0.4, -0.2) is 28.2 Å². The van der Waals surface area contributed by atoms with Crippen molar-refractivity contribution in [2.24, 2.45) is 0 Å². The molecule has 0 spiro atoms. The Bertz CT molecular complexity index is 855. The van der Waals surface area contributed by atoms with E-state index in [1.165, 1.54) is 24.3 Å². The minimum atomic E-state index is -3.65. The molecular weight excluding hydrogens is 345 g/mol. The van der Waals surface area contributed by atoms with E-state index in [0.29, 0.717) is 12.4 Å². The van der Waals surface area contributed by atoms with Gasteiger partial charge in [-0.25, -0.2) is 12.8 Å². The summed E-state index contributed by atoms with van der Waals surface area (Å²) in [4.78, 5) is 0.125. The first kappa shape index (κ1) is 18.8. The minimum absolute atomic E-state index is 0.0360. The van der Waals surface area contributed by atoms with E-state index in [1.54, 1.807) is 24.3 Å². The summed E-state index contributed by atoms with van der Waals surface area (Å²) in [6.45, 7) is 2.25. The standard InChI is InChI=1S/C18H18FNO4S/c1-2-23-15-9-11-16(12-10-15)25(21,22)20-13-5-6-14-24-18-8-4-3-7-17(18)19/h3-4,7-12,20H,2,13-14H2,1H3. The maximum absolute atomic E-state index is 13.3. The van der Waals surface area contributed by atoms with Gasteiger partial charge in [0.1, 0.15) is 12.4 Å². The predicted octanol–water partition coefficient (Wildman–Crippen LogP) is 2.59. The number of rotatable bonds is 7. The summed E-state index contributed by atoms with van der Waals surface area (Å²) in [6, 6.07) is 12.1. The Balaban J connectivity index is 1.83. The van der Waals surface area contributed by atoms with E-state index in [4.69, 9.17) is 9.47 Å². The van der Waals surface area contributed by atoms with Crippen molar-refractivity contribution in [3.63, 3.8) is 0 Å². The lowest BCUT2D eigenvalue weighted by atomic mass is 10.3. The van der Waals surface area contributed by atoms with Crippen LogP contribution in [0.25, 0.3) is 0 Å². The van der Waals surface area contributed by atoms with Gasteiger partial charge in [-0.2, -0.15) is 4.72 Å². The molecule has 132 valence electrons. The second-order valence-electron chi connectivity index (χ2n) is 4.80. The molecule has 0 amide bonds. The number of ether oxygens (including phenoxy) is 2. The van der Waals surface area contributed by atoms with Crippen LogP contribution in [0.1, 0.15) is 6.92 Å². The number of halogens is 1. The Labute approximate surface area is 146 Å². The monoisotopic (exact) mass is 363 g/mol. The highest BCUT2D eigenvalue weighted by atomic mass is 32.2. The maximum atomic E-state index is 13.3. The first-order chi connectivity index (χ1) is 12.0. The van der Waals surface area contributed by atoms with E-state index in [1.807, 2.05) is 6.92 Å². The molecule has 7 heteroatoms. The van der Waals surface area contributed by atoms with Crippen LogP contribution >= 0.6 is 0 Å². The molecule has 0 aliphatic heterocycles. The van der Waals surface area contributed by atoms with Crippen LogP contribution in [-0.2, 0) is 10.0 Å². The van der Waals surface area contributed by atoms with Gasteiger partial charge in [0.2, 0.25) is 10.0 Å². The molecule has 25 heavy (non-hydrogen) atoms. The van der Waals surface area contributed by atoms with Crippen molar-refractivity contribution in [2.45, 2.75) is 11.8 Å². The van der Waals surface area contributed by atoms with Gasteiger partial charge in [-0.1, -0.05) is 24.0 Å². The lowest BCUT2D eigenvalue weighted by Gasteiger charge is -2.06. The van der Waals surface area contributed by atoms with Crippen molar-refractivity contribution < 1.29 is 22.3 Å². The number of benzene rings is 2. The van der Waals surface area contributed by atoms with Crippen LogP contribution in [0.5, 0.6) is 11.5 Å². The van der Waals surface area contributed by atoms with Crippen LogP contribution in [0, 0.1) is 17.7 Å². The van der Waals surface area contributed by atoms with Gasteiger partial charge in [0.15, 0.2) is 11.6 Å². The summed E-state index contributed by atoms with van der Waals surface area (Å²) in [7, 11) is -3.65. The maximum Gasteiger partial charge on any atom is 0.241 e. The molecule has 0 bridgehead atoms. The van der Waals surface area contributed by atoms with Gasteiger partial charge in [-0.15, -0.1) is 0 Å². The van der Waals surface area contributed by atoms with Crippen LogP contribution < -0.4 is 14.2 Å². The third kappa shape index (κ3) is 5.78. The fourth-order valence-electron chi connectivity index (χ4n) is 1.89. The SMILES string of the molecule is CCOc1ccc(S(=O)(=O)NCC#CCOc2ccccc2F)cc1. The molecule has 0 aromatic heterocycles. The topological polar surface area (TPSA) is 64.6 Å². The fraction of sp³-hybridized carbons (Fsp3) is 0.222. The highest BCUT2D eigenvalue weighted by molar-refractivity contribution is 7.89. The van der Waals surface area contributed by atoms with Gasteiger partial charge in [0.05, 0.1) is 18.0 Å². The number of para-hydroxylation sites is 1. The Morgan fingerprint density at radius 2 is 1.76 bits per heavy atom. The molecule has 1 N–H and O–H groups in total. The van der Waals surface area contributed by atoms with Crippen molar-refractivity contribution in [1.82, 2.24) is 4.72 Å². The van der Waals surface area contributed by atoms with Crippen molar-refractivity contribution in [1.29, 1.82) is 0 Å². The molecule has 2 aromatic carbocycles. The molecule has 5 nitrogen and oxygen atoms in total. The highest BCUT2D eigenvalue weighted by Crippen LogP contribution is 2.16. The number of sulfonamides is 1. The molecule has 0 aliphatic rings. The Morgan fingerprint density at radius 1 is 1.04 bits per heavy atom. The van der Waals surface area contributed by atoms with E-state index in [0.717, 1.165) is 0 Å². The minimum Gasteiger partial charge on any atom is -0.494 e. The average Bonchev–Trinajstić information content (AvgIpc) is 2.60. The highest BCUT2D eigenvalue weighted by Gasteiger charge is 2.12. The third-order valence-corrected chi connectivity index (χ3v) is 4.47. The smallest absolute Gasteiger partial charge is 0.241 e. The molecule has 0 unspecified atom stereocenters. The fourth-order valence-corrected chi connectivity index (χ4v) is 2.81. The number of hydrogen-bond acceptors (Lipinski definition) is 4. The zero-order valence-corrected chi connectivity index (χ0v) is 14.5. The van der Waals surface area contributed by atoms with Crippen LogP contribution in [0.4, 0.5) is 4.39 Å². The molecular formula is C18H18FNO4S. The molecule has 2 aromatic rings. The Hall–Kier alpha value is -2.56. The molecule has 0 atom stereocenters. The first-order valence-corrected chi connectivity index (χ1v) is 9.07. The zero-order valence-electron chi connectivity index (χ0n) is 13.7. The van der Waals surface area contributed by atoms with E-state index >= 15 is 0 Å². The van der Waals surface area contributed by atoms with Gasteiger partial charge in [-0.3, -0.25) is 0 Å². The largest absolute Gasteiger partial charge is 0.494 e. The quantitative estimate of drug-likeness (QED) is 0.768. The van der Waals surface area contributed by atoms with E-state index in [-0.39, 0.29) is 23.8 Å². The number of hydrogen-bond donors (Lipinski definition) is 1. The average molecular weight is 363 g/mol. The summed E-state index contributed by atoms with van der Waals surface area (Å²) < 4.78 is 50.3. The molecule has 0 fully saturated rings. The summed E-state index contributed by atoms with van der Waals surface area (Å²) in [5, 5.41) is 0. The second kappa shape index (κ2) is 9.06. The molecule has 0 heterocycles. The molecule has 0 radical (unpaired) electrons. The van der Waals surface area contributed by atoms with Gasteiger partial charge in [0.25, 0.3) is 0 Å². The van der Waals surface area contributed by atoms with E-state index in [2.05, 4.69) is 16.6 Å². The van der Waals surface area contributed by atoms with E-state index in [9.17, 15) is 12.8 Å². The van der Waals surface area contributed by atoms with Gasteiger partial charge in [0, 0.05) is 0 Å². The Morgan fingerprint density at radius 3 is 2.44 bits per heavy atom. The van der Waals surface area contributed by atoms with Crippen molar-refractivity contribution >= 4 is 10.0 Å². The first-order valence-electron chi connectivity index (χ1n) is 7.58. The lowest BCUT2D eigenvalue weighted by Crippen LogP contribution is -2.24. The van der Waals surface area contributed by atoms with Crippen LogP contribution in [0.15, 0.2) is 53.4 Å². The van der Waals surface area contributed by atoms with Crippen molar-refractivity contribution in [2.75, 3.05) is 19.8 Å². The second-order valence-corrected chi connectivity index (χ2v) is 6.57. The van der Waals surface area contributed by atoms with E-state index < -0.39 is 15.8 Å². The van der Waals surface area contributed by atoms with Gasteiger partial charge < -0.3 is 9.47 Å². The van der Waals surface area contributed by atoms with Crippen LogP contribution in [0.3, 0.4) is 0 Å². The molecule has 0 saturated heterocycles. The zero-order chi connectivity index (χ0) is 18.1. The summed E-state index contributed by atoms with van der Waals surface area (Å²) in [5.74, 6) is 5.48. The molecule has 0 saturated carbocycles. The van der Waals surface area contributed by atoms with Crippen molar-refractivity contribution in [3.8, 4) is 23.3 Å². The van der Waals surface area contributed by atoms with Crippen molar-refractivity contribution in [3.05, 3.63) is 54.3 Å². The van der Waals surface area contributed by atoms with Gasteiger partial charge >= 0.3 is 0 Å². The van der Waals surface area contributed by atoms with Crippen LogP contribution in [0.2, 0.25) is 0 Å². The Kier molecular flexibility index (Phi) is 6.81. The van der Waals surface area contributed by atoms with Gasteiger partial charge in [-0.05, 0) is 43.3 Å². The lowest BCUT2D eigenvalue weighted by molar-refractivity contribution is 0.340. The molecule has 2 rings (SSSR count). The summed E-state index contributed by atoms with van der Waals surface area (Å²) >= 11 is 0. The summed E-state index contributed by atoms with van der Waals surface area (Å²) in [6.07, 6.45) is 0.